The van der Waals surface area contributed by atoms with Gasteiger partial charge in [0.15, 0.2) is 0 Å². The molecule has 0 heterocycles. The first kappa shape index (κ1) is 14.4. The highest BCUT2D eigenvalue weighted by atomic mass is 16.2. The molecule has 0 fully saturated rings. The lowest BCUT2D eigenvalue weighted by molar-refractivity contribution is -0.128. The normalized spacial score (nSPS) is 11.8. The predicted octanol–water partition coefficient (Wildman–Crippen LogP) is -2.04. The quantitative estimate of drug-likeness (QED) is 0.381. The first-order valence-corrected chi connectivity index (χ1v) is 5.04. The summed E-state index contributed by atoms with van der Waals surface area (Å²) in [5, 5.41) is 2.43. The van der Waals surface area contributed by atoms with Gasteiger partial charge in [-0.2, -0.15) is 0 Å². The molecule has 16 heavy (non-hydrogen) atoms. The summed E-state index contributed by atoms with van der Waals surface area (Å²) < 4.78 is 0. The third-order valence-corrected chi connectivity index (χ3v) is 1.97. The zero-order chi connectivity index (χ0) is 12.6. The fraction of sp³-hybridized carbons (Fsp3) is 0.667. The van der Waals surface area contributed by atoms with Gasteiger partial charge in [-0.15, -0.1) is 0 Å². The summed E-state index contributed by atoms with van der Waals surface area (Å²) >= 11 is 0. The minimum absolute atomic E-state index is 0.00474. The Balaban J connectivity index is 4.07. The van der Waals surface area contributed by atoms with E-state index >= 15 is 0 Å². The van der Waals surface area contributed by atoms with Gasteiger partial charge < -0.3 is 22.5 Å². The molecule has 7 heteroatoms. The number of nitrogens with one attached hydrogen (secondary N) is 1. The number of nitrogens with two attached hydrogens (primary N) is 3. The summed E-state index contributed by atoms with van der Waals surface area (Å²) in [7, 11) is 0. The monoisotopic (exact) mass is 230 g/mol. The van der Waals surface area contributed by atoms with Crippen LogP contribution in [0.3, 0.4) is 0 Å². The summed E-state index contributed by atoms with van der Waals surface area (Å²) in [5.41, 5.74) is 15.2. The van der Waals surface area contributed by atoms with Crippen molar-refractivity contribution in [2.75, 3.05) is 6.54 Å². The molecule has 3 amide bonds. The Morgan fingerprint density at radius 3 is 2.19 bits per heavy atom. The van der Waals surface area contributed by atoms with Crippen LogP contribution in [-0.2, 0) is 14.4 Å². The predicted molar refractivity (Wildman–Crippen MR) is 57.8 cm³/mol. The smallest absolute Gasteiger partial charge is 0.240 e. The van der Waals surface area contributed by atoms with E-state index in [4.69, 9.17) is 17.2 Å². The van der Waals surface area contributed by atoms with Crippen molar-refractivity contribution in [1.82, 2.24) is 5.32 Å². The zero-order valence-corrected chi connectivity index (χ0v) is 9.07. The average Bonchev–Trinajstić information content (AvgIpc) is 2.20. The molecule has 0 aliphatic heterocycles. The SMILES string of the molecule is NCCCC(=O)NC(CCC(N)=O)C(N)=O. The van der Waals surface area contributed by atoms with E-state index in [2.05, 4.69) is 5.32 Å². The zero-order valence-electron chi connectivity index (χ0n) is 9.07. The molecule has 0 bridgehead atoms. The van der Waals surface area contributed by atoms with Crippen molar-refractivity contribution in [3.8, 4) is 0 Å². The van der Waals surface area contributed by atoms with Gasteiger partial charge in [-0.3, -0.25) is 14.4 Å². The van der Waals surface area contributed by atoms with Crippen molar-refractivity contribution in [2.45, 2.75) is 31.7 Å². The van der Waals surface area contributed by atoms with Gasteiger partial charge in [0.1, 0.15) is 6.04 Å². The van der Waals surface area contributed by atoms with Gasteiger partial charge in [-0.25, -0.2) is 0 Å². The molecule has 1 atom stereocenters. The topological polar surface area (TPSA) is 141 Å². The van der Waals surface area contributed by atoms with Crippen molar-refractivity contribution in [3.05, 3.63) is 0 Å². The van der Waals surface area contributed by atoms with Crippen LogP contribution in [0.1, 0.15) is 25.7 Å². The molecular formula is C9H18N4O3. The fourth-order valence-electron chi connectivity index (χ4n) is 1.10. The fourth-order valence-corrected chi connectivity index (χ4v) is 1.10. The molecular weight excluding hydrogens is 212 g/mol. The average molecular weight is 230 g/mol. The standard InChI is InChI=1S/C9H18N4O3/c10-5-1-2-8(15)13-6(9(12)16)3-4-7(11)14/h6H,1-5,10H2,(H2,11,14)(H2,12,16)(H,13,15). The molecule has 7 nitrogen and oxygen atoms in total. The number of rotatable bonds is 8. The molecule has 0 spiro atoms. The Bertz CT molecular complexity index is 267. The lowest BCUT2D eigenvalue weighted by atomic mass is 10.1. The van der Waals surface area contributed by atoms with Gasteiger partial charge in [-0.05, 0) is 19.4 Å². The molecule has 0 aliphatic rings. The number of hydrogen-bond donors (Lipinski definition) is 4. The molecule has 0 aliphatic carbocycles. The Morgan fingerprint density at radius 1 is 1.12 bits per heavy atom. The van der Waals surface area contributed by atoms with E-state index in [9.17, 15) is 14.4 Å². The van der Waals surface area contributed by atoms with Crippen LogP contribution in [-0.4, -0.2) is 30.3 Å². The van der Waals surface area contributed by atoms with E-state index in [0.717, 1.165) is 0 Å². The lowest BCUT2D eigenvalue weighted by Crippen LogP contribution is -2.44. The summed E-state index contributed by atoms with van der Waals surface area (Å²) in [6, 6.07) is -0.849. The third kappa shape index (κ3) is 6.77. The van der Waals surface area contributed by atoms with Crippen molar-refractivity contribution in [2.24, 2.45) is 17.2 Å². The molecule has 92 valence electrons. The van der Waals surface area contributed by atoms with Crippen LogP contribution in [0.2, 0.25) is 0 Å². The van der Waals surface area contributed by atoms with Crippen LogP contribution in [0, 0.1) is 0 Å². The molecule has 0 aromatic carbocycles. The number of amides is 3. The van der Waals surface area contributed by atoms with Crippen LogP contribution >= 0.6 is 0 Å². The Morgan fingerprint density at radius 2 is 1.75 bits per heavy atom. The first-order valence-electron chi connectivity index (χ1n) is 5.04. The van der Waals surface area contributed by atoms with E-state index in [1.165, 1.54) is 0 Å². The van der Waals surface area contributed by atoms with Crippen LogP contribution < -0.4 is 22.5 Å². The van der Waals surface area contributed by atoms with Crippen molar-refractivity contribution in [1.29, 1.82) is 0 Å². The van der Waals surface area contributed by atoms with Gasteiger partial charge in [0.05, 0.1) is 0 Å². The number of carbonyl (C=O) groups is 3. The molecule has 0 aromatic heterocycles. The minimum atomic E-state index is -0.849. The maximum absolute atomic E-state index is 11.3. The minimum Gasteiger partial charge on any atom is -0.370 e. The van der Waals surface area contributed by atoms with E-state index < -0.39 is 17.9 Å². The van der Waals surface area contributed by atoms with E-state index in [0.29, 0.717) is 13.0 Å². The molecule has 0 rings (SSSR count). The van der Waals surface area contributed by atoms with Gasteiger partial charge >= 0.3 is 0 Å². The van der Waals surface area contributed by atoms with Gasteiger partial charge in [0, 0.05) is 12.8 Å². The second kappa shape index (κ2) is 7.63. The maximum Gasteiger partial charge on any atom is 0.240 e. The Kier molecular flexibility index (Phi) is 6.86. The Hall–Kier alpha value is -1.63. The van der Waals surface area contributed by atoms with Gasteiger partial charge in [0.25, 0.3) is 0 Å². The second-order valence-corrected chi connectivity index (χ2v) is 3.42. The van der Waals surface area contributed by atoms with Crippen LogP contribution in [0.25, 0.3) is 0 Å². The number of hydrogen-bond acceptors (Lipinski definition) is 4. The third-order valence-electron chi connectivity index (χ3n) is 1.97. The van der Waals surface area contributed by atoms with Crippen LogP contribution in [0.4, 0.5) is 0 Å². The maximum atomic E-state index is 11.3. The summed E-state index contributed by atoms with van der Waals surface area (Å²) in [6.45, 7) is 0.399. The molecule has 1 unspecified atom stereocenters. The summed E-state index contributed by atoms with van der Waals surface area (Å²) in [4.78, 5) is 32.7. The van der Waals surface area contributed by atoms with Crippen molar-refractivity contribution < 1.29 is 14.4 Å². The van der Waals surface area contributed by atoms with Gasteiger partial charge in [-0.1, -0.05) is 0 Å². The highest BCUT2D eigenvalue weighted by Gasteiger charge is 2.18. The molecule has 0 aromatic rings. The molecule has 0 saturated heterocycles. The second-order valence-electron chi connectivity index (χ2n) is 3.42. The molecule has 0 saturated carbocycles. The highest BCUT2D eigenvalue weighted by Crippen LogP contribution is 1.97. The summed E-state index contributed by atoms with van der Waals surface area (Å²) in [5.74, 6) is -1.52. The van der Waals surface area contributed by atoms with Crippen LogP contribution in [0.15, 0.2) is 0 Å². The first-order chi connectivity index (χ1) is 7.47. The van der Waals surface area contributed by atoms with E-state index in [1.54, 1.807) is 0 Å². The Labute approximate surface area is 93.7 Å². The molecule has 7 N–H and O–H groups in total. The largest absolute Gasteiger partial charge is 0.370 e. The number of carbonyl (C=O) groups excluding carboxylic acids is 3. The van der Waals surface area contributed by atoms with Gasteiger partial charge in [0.2, 0.25) is 17.7 Å². The summed E-state index contributed by atoms with van der Waals surface area (Å²) in [6.07, 6.45) is 0.897. The van der Waals surface area contributed by atoms with E-state index in [-0.39, 0.29) is 25.2 Å². The lowest BCUT2D eigenvalue weighted by Gasteiger charge is -2.14. The van der Waals surface area contributed by atoms with Crippen molar-refractivity contribution in [3.63, 3.8) is 0 Å². The van der Waals surface area contributed by atoms with E-state index in [1.807, 2.05) is 0 Å². The van der Waals surface area contributed by atoms with Crippen molar-refractivity contribution >= 4 is 17.7 Å². The number of primary amides is 2. The molecule has 0 radical (unpaired) electrons. The van der Waals surface area contributed by atoms with Crippen LogP contribution in [0.5, 0.6) is 0 Å². The highest BCUT2D eigenvalue weighted by molar-refractivity contribution is 5.87.